The zero-order valence-corrected chi connectivity index (χ0v) is 13.1. The van der Waals surface area contributed by atoms with Crippen LogP contribution in [0.3, 0.4) is 0 Å². The van der Waals surface area contributed by atoms with Crippen LogP contribution in [0.15, 0.2) is 45.5 Å². The number of hydrogen-bond donors (Lipinski definition) is 1. The van der Waals surface area contributed by atoms with Gasteiger partial charge in [0, 0.05) is 7.05 Å². The van der Waals surface area contributed by atoms with Crippen molar-refractivity contribution in [3.05, 3.63) is 48.2 Å². The highest BCUT2D eigenvalue weighted by Crippen LogP contribution is 2.40. The molecule has 0 saturated heterocycles. The average Bonchev–Trinajstić information content (AvgIpc) is 3.08. The average molecular weight is 291 g/mol. The van der Waals surface area contributed by atoms with Gasteiger partial charge in [-0.25, -0.2) is 0 Å². The van der Waals surface area contributed by atoms with Gasteiger partial charge in [-0.15, -0.1) is 0 Å². The van der Waals surface area contributed by atoms with Crippen LogP contribution in [-0.4, -0.2) is 24.9 Å². The first kappa shape index (κ1) is 13.5. The van der Waals surface area contributed by atoms with E-state index in [2.05, 4.69) is 43.5 Å². The topological polar surface area (TPSA) is 34.0 Å². The SMILES string of the molecule is Cc1ccc(P(c2ccc(C)o2)C2N(C)C=C[NH+]2C)o1. The Bertz CT molecular complexity index is 579. The van der Waals surface area contributed by atoms with E-state index < -0.39 is 7.92 Å². The molecule has 1 aliphatic rings. The molecule has 20 heavy (non-hydrogen) atoms. The zero-order chi connectivity index (χ0) is 14.3. The minimum absolute atomic E-state index is 0.307. The highest BCUT2D eigenvalue weighted by Gasteiger charge is 2.40. The lowest BCUT2D eigenvalue weighted by atomic mass is 10.5. The number of rotatable bonds is 3. The van der Waals surface area contributed by atoms with Crippen molar-refractivity contribution in [2.24, 2.45) is 0 Å². The van der Waals surface area contributed by atoms with E-state index in [9.17, 15) is 0 Å². The summed E-state index contributed by atoms with van der Waals surface area (Å²) >= 11 is 0. The van der Waals surface area contributed by atoms with Gasteiger partial charge < -0.3 is 13.7 Å². The van der Waals surface area contributed by atoms with Gasteiger partial charge in [-0.1, -0.05) is 0 Å². The van der Waals surface area contributed by atoms with Crippen LogP contribution in [0.2, 0.25) is 0 Å². The largest absolute Gasteiger partial charge is 0.461 e. The Morgan fingerprint density at radius 3 is 1.95 bits per heavy atom. The lowest BCUT2D eigenvalue weighted by Crippen LogP contribution is -3.08. The third kappa shape index (κ3) is 2.30. The highest BCUT2D eigenvalue weighted by atomic mass is 31.1. The van der Waals surface area contributed by atoms with Gasteiger partial charge in [-0.05, 0) is 38.1 Å². The molecule has 1 aliphatic heterocycles. The summed E-state index contributed by atoms with van der Waals surface area (Å²) in [6.45, 7) is 3.97. The van der Waals surface area contributed by atoms with Gasteiger partial charge in [0.2, 0.25) is 0 Å². The second-order valence-electron chi connectivity index (χ2n) is 5.24. The summed E-state index contributed by atoms with van der Waals surface area (Å²) in [6.07, 6.45) is 4.30. The molecular weight excluding hydrogens is 271 g/mol. The van der Waals surface area contributed by atoms with Crippen LogP contribution >= 0.6 is 7.92 Å². The molecule has 0 aromatic carbocycles. The Labute approximate surface area is 120 Å². The van der Waals surface area contributed by atoms with Crippen molar-refractivity contribution in [1.82, 2.24) is 4.90 Å². The molecule has 0 bridgehead atoms. The molecule has 3 heterocycles. The van der Waals surface area contributed by atoms with Crippen molar-refractivity contribution in [2.45, 2.75) is 19.8 Å². The van der Waals surface area contributed by atoms with Crippen molar-refractivity contribution >= 4 is 18.9 Å². The molecule has 0 aliphatic carbocycles. The van der Waals surface area contributed by atoms with Gasteiger partial charge in [0.15, 0.2) is 5.91 Å². The molecule has 2 atom stereocenters. The Morgan fingerprint density at radius 2 is 1.60 bits per heavy atom. The van der Waals surface area contributed by atoms with Crippen LogP contribution in [0.4, 0.5) is 0 Å². The summed E-state index contributed by atoms with van der Waals surface area (Å²) in [5.41, 5.74) is 2.04. The molecule has 2 aromatic rings. The summed E-state index contributed by atoms with van der Waals surface area (Å²) < 4.78 is 11.8. The number of nitrogens with zero attached hydrogens (tertiary/aromatic N) is 1. The summed E-state index contributed by atoms with van der Waals surface area (Å²) in [5.74, 6) is 2.20. The molecule has 0 saturated carbocycles. The van der Waals surface area contributed by atoms with E-state index in [0.29, 0.717) is 5.91 Å². The molecule has 3 rings (SSSR count). The molecule has 2 aromatic heterocycles. The van der Waals surface area contributed by atoms with E-state index in [1.54, 1.807) is 0 Å². The van der Waals surface area contributed by atoms with Crippen LogP contribution in [0.25, 0.3) is 0 Å². The molecule has 0 fully saturated rings. The highest BCUT2D eigenvalue weighted by molar-refractivity contribution is 7.72. The predicted octanol–water partition coefficient (Wildman–Crippen LogP) is 1.14. The molecule has 0 radical (unpaired) electrons. The third-order valence-corrected chi connectivity index (χ3v) is 6.23. The fourth-order valence-electron chi connectivity index (χ4n) is 2.56. The Kier molecular flexibility index (Phi) is 3.45. The van der Waals surface area contributed by atoms with Gasteiger partial charge in [0.05, 0.1) is 13.2 Å². The quantitative estimate of drug-likeness (QED) is 0.861. The van der Waals surface area contributed by atoms with Crippen molar-refractivity contribution in [1.29, 1.82) is 0 Å². The Morgan fingerprint density at radius 1 is 1.05 bits per heavy atom. The van der Waals surface area contributed by atoms with Crippen LogP contribution in [0.5, 0.6) is 0 Å². The van der Waals surface area contributed by atoms with E-state index in [1.807, 2.05) is 26.0 Å². The van der Waals surface area contributed by atoms with Crippen molar-refractivity contribution in [3.8, 4) is 0 Å². The number of hydrogen-bond acceptors (Lipinski definition) is 3. The molecule has 1 N–H and O–H groups in total. The van der Waals surface area contributed by atoms with E-state index in [0.717, 1.165) is 22.5 Å². The maximum atomic E-state index is 5.92. The van der Waals surface area contributed by atoms with Gasteiger partial charge in [-0.3, -0.25) is 4.90 Å². The smallest absolute Gasteiger partial charge is 0.198 e. The normalized spacial score (nSPS) is 22.1. The van der Waals surface area contributed by atoms with Crippen molar-refractivity contribution in [3.63, 3.8) is 0 Å². The molecule has 0 spiro atoms. The van der Waals surface area contributed by atoms with Gasteiger partial charge in [0.1, 0.15) is 36.6 Å². The second-order valence-corrected chi connectivity index (χ2v) is 7.35. The van der Waals surface area contributed by atoms with E-state index in [-0.39, 0.29) is 0 Å². The maximum Gasteiger partial charge on any atom is 0.198 e. The van der Waals surface area contributed by atoms with Gasteiger partial charge >= 0.3 is 0 Å². The zero-order valence-electron chi connectivity index (χ0n) is 12.3. The lowest BCUT2D eigenvalue weighted by Gasteiger charge is -2.28. The van der Waals surface area contributed by atoms with Crippen molar-refractivity contribution in [2.75, 3.05) is 14.1 Å². The standard InChI is InChI=1S/C15H19N2O2P/c1-11-5-7-13(18-11)20(14-8-6-12(2)19-14)15-16(3)9-10-17(15)4/h5-10,15H,1-4H3/p+1. The molecule has 106 valence electrons. The molecule has 2 unspecified atom stereocenters. The first-order valence-electron chi connectivity index (χ1n) is 6.72. The first-order chi connectivity index (χ1) is 9.56. The summed E-state index contributed by atoms with van der Waals surface area (Å²) in [6, 6.07) is 8.22. The summed E-state index contributed by atoms with van der Waals surface area (Å²) in [5, 5.41) is 0. The number of quaternary nitrogens is 1. The minimum Gasteiger partial charge on any atom is -0.461 e. The number of nitrogens with one attached hydrogen (secondary N) is 1. The van der Waals surface area contributed by atoms with Gasteiger partial charge in [-0.2, -0.15) is 0 Å². The number of furan rings is 2. The van der Waals surface area contributed by atoms with E-state index in [4.69, 9.17) is 8.83 Å². The number of aryl methyl sites for hydroxylation is 2. The summed E-state index contributed by atoms with van der Waals surface area (Å²) in [7, 11) is 3.59. The fraction of sp³-hybridized carbons (Fsp3) is 0.333. The van der Waals surface area contributed by atoms with Crippen LogP contribution in [0.1, 0.15) is 11.5 Å². The fourth-order valence-corrected chi connectivity index (χ4v) is 5.15. The molecular formula is C15H20N2O2P+. The van der Waals surface area contributed by atoms with Crippen molar-refractivity contribution < 1.29 is 13.7 Å². The van der Waals surface area contributed by atoms with Gasteiger partial charge in [0.25, 0.3) is 0 Å². The maximum absolute atomic E-state index is 5.92. The first-order valence-corrected chi connectivity index (χ1v) is 8.13. The monoisotopic (exact) mass is 291 g/mol. The van der Waals surface area contributed by atoms with E-state index in [1.165, 1.54) is 4.90 Å². The molecule has 4 nitrogen and oxygen atoms in total. The molecule has 5 heteroatoms. The second kappa shape index (κ2) is 5.12. The molecule has 0 amide bonds. The lowest BCUT2D eigenvalue weighted by molar-refractivity contribution is -0.839. The Hall–Kier alpha value is -1.51. The van der Waals surface area contributed by atoms with E-state index >= 15 is 0 Å². The third-order valence-electron chi connectivity index (χ3n) is 3.54. The minimum atomic E-state index is -0.696. The summed E-state index contributed by atoms with van der Waals surface area (Å²) in [4.78, 5) is 3.60. The van der Waals surface area contributed by atoms with Crippen LogP contribution in [0, 0.1) is 13.8 Å². The predicted molar refractivity (Wildman–Crippen MR) is 80.7 cm³/mol. The Balaban J connectivity index is 2.04. The van der Waals surface area contributed by atoms with Crippen LogP contribution in [-0.2, 0) is 0 Å². The van der Waals surface area contributed by atoms with Crippen LogP contribution < -0.4 is 15.9 Å².